The first-order valence-electron chi connectivity index (χ1n) is 11.9. The zero-order chi connectivity index (χ0) is 25.7. The summed E-state index contributed by atoms with van der Waals surface area (Å²) < 4.78 is 29.4. The second kappa shape index (κ2) is 7.84. The van der Waals surface area contributed by atoms with Gasteiger partial charge in [-0.05, 0) is 31.4 Å². The first-order chi connectivity index (χ1) is 17.1. The van der Waals surface area contributed by atoms with Crippen LogP contribution in [-0.2, 0) is 11.8 Å². The zero-order valence-corrected chi connectivity index (χ0v) is 18.1. The van der Waals surface area contributed by atoms with Crippen LogP contribution in [0.4, 0.5) is 17.2 Å². The summed E-state index contributed by atoms with van der Waals surface area (Å²) in [5.41, 5.74) is 0.668. The van der Waals surface area contributed by atoms with E-state index in [2.05, 4.69) is 25.6 Å². The fourth-order valence-electron chi connectivity index (χ4n) is 4.13. The van der Waals surface area contributed by atoms with E-state index in [-0.39, 0.29) is 28.5 Å². The van der Waals surface area contributed by atoms with Crippen molar-refractivity contribution in [3.63, 3.8) is 0 Å². The molecule has 3 heterocycles. The summed E-state index contributed by atoms with van der Waals surface area (Å²) in [6.45, 7) is -2.22. The molecular weight excluding hydrogens is 424 g/mol. The van der Waals surface area contributed by atoms with Gasteiger partial charge in [0.1, 0.15) is 6.33 Å². The van der Waals surface area contributed by atoms with Gasteiger partial charge in [0.15, 0.2) is 23.1 Å². The molecule has 1 saturated heterocycles. The minimum absolute atomic E-state index is 0.0109. The summed E-state index contributed by atoms with van der Waals surface area (Å²) in [5, 5.41) is 17.5. The highest BCUT2D eigenvalue weighted by atomic mass is 16.5. The van der Waals surface area contributed by atoms with Crippen LogP contribution in [0, 0.1) is 5.41 Å². The lowest BCUT2D eigenvalue weighted by Gasteiger charge is -2.19. The molecule has 0 radical (unpaired) electrons. The standard InChI is InChI=1S/C22H24N8O3/c1-23-20(31)17-15(11-16(26-27-17)30-10-9-22(7-8-22)21(30)32)25-14-6-4-5-13(18(14)33-3)19-24-12-29(2)28-19/h4-6,11-12H,7-10H2,1-3H3,(H,23,31)(H,25,26)/i1D3. The first-order valence-corrected chi connectivity index (χ1v) is 10.4. The molecule has 1 spiro atoms. The Balaban J connectivity index is 1.55. The molecule has 1 aliphatic heterocycles. The minimum atomic E-state index is -2.72. The Bertz CT molecular complexity index is 1350. The van der Waals surface area contributed by atoms with Gasteiger partial charge in [-0.3, -0.25) is 19.2 Å². The highest BCUT2D eigenvalue weighted by Crippen LogP contribution is 2.54. The molecule has 11 nitrogen and oxygen atoms in total. The molecule has 2 amide bonds. The van der Waals surface area contributed by atoms with Crippen molar-refractivity contribution in [1.82, 2.24) is 30.3 Å². The predicted octanol–water partition coefficient (Wildman–Crippen LogP) is 1.90. The van der Waals surface area contributed by atoms with E-state index < -0.39 is 12.9 Å². The number of hydrogen-bond donors (Lipinski definition) is 2. The number of carbonyl (C=O) groups excluding carboxylic acids is 2. The fraction of sp³-hybridized carbons (Fsp3) is 0.364. The van der Waals surface area contributed by atoms with E-state index >= 15 is 0 Å². The topological polar surface area (TPSA) is 127 Å². The Kier molecular flexibility index (Phi) is 4.16. The van der Waals surface area contributed by atoms with Crippen LogP contribution in [-0.4, -0.2) is 57.4 Å². The van der Waals surface area contributed by atoms with Crippen LogP contribution in [0.2, 0.25) is 0 Å². The van der Waals surface area contributed by atoms with Gasteiger partial charge in [0.2, 0.25) is 5.91 Å². The number of anilines is 3. The van der Waals surface area contributed by atoms with Gasteiger partial charge in [-0.2, -0.15) is 5.10 Å². The number of ether oxygens (including phenoxy) is 1. The number of para-hydroxylation sites is 1. The molecule has 0 unspecified atom stereocenters. The SMILES string of the molecule is [2H]C([2H])([2H])NC(=O)c1nnc(N2CCC3(CC3)C2=O)cc1Nc1cccc(-c2ncn(C)n2)c1OC. The second-order valence-electron chi connectivity index (χ2n) is 8.16. The lowest BCUT2D eigenvalue weighted by Crippen LogP contribution is -2.29. The van der Waals surface area contributed by atoms with Crippen molar-refractivity contribution < 1.29 is 18.4 Å². The van der Waals surface area contributed by atoms with E-state index in [1.807, 2.05) is 5.32 Å². The van der Waals surface area contributed by atoms with E-state index in [0.29, 0.717) is 29.4 Å². The van der Waals surface area contributed by atoms with E-state index in [1.165, 1.54) is 13.2 Å². The third-order valence-corrected chi connectivity index (χ3v) is 6.08. The molecule has 33 heavy (non-hydrogen) atoms. The summed E-state index contributed by atoms with van der Waals surface area (Å²) in [7, 11) is 3.24. The lowest BCUT2D eigenvalue weighted by molar-refractivity contribution is -0.121. The molecule has 11 heteroatoms. The first kappa shape index (κ1) is 17.5. The third-order valence-electron chi connectivity index (χ3n) is 6.08. The molecule has 1 aliphatic carbocycles. The number of carbonyl (C=O) groups is 2. The molecule has 0 bridgehead atoms. The number of nitrogens with zero attached hydrogens (tertiary/aromatic N) is 6. The largest absolute Gasteiger partial charge is 0.494 e. The number of methoxy groups -OCH3 is 1. The zero-order valence-electron chi connectivity index (χ0n) is 21.1. The lowest BCUT2D eigenvalue weighted by atomic mass is 10.1. The van der Waals surface area contributed by atoms with Crippen molar-refractivity contribution in [1.29, 1.82) is 0 Å². The Hall–Kier alpha value is -4.02. The van der Waals surface area contributed by atoms with Crippen molar-refractivity contribution in [3.05, 3.63) is 36.3 Å². The molecule has 1 aromatic carbocycles. The van der Waals surface area contributed by atoms with Crippen LogP contribution in [0.5, 0.6) is 5.75 Å². The van der Waals surface area contributed by atoms with Crippen LogP contribution < -0.4 is 20.3 Å². The molecule has 3 aromatic rings. The molecule has 1 saturated carbocycles. The second-order valence-corrected chi connectivity index (χ2v) is 8.16. The number of nitrogens with one attached hydrogen (secondary N) is 2. The van der Waals surface area contributed by atoms with Crippen LogP contribution in [0.1, 0.15) is 33.9 Å². The Morgan fingerprint density at radius 2 is 2.09 bits per heavy atom. The van der Waals surface area contributed by atoms with Gasteiger partial charge in [-0.15, -0.1) is 10.2 Å². The van der Waals surface area contributed by atoms with Gasteiger partial charge in [0, 0.05) is 30.7 Å². The number of benzene rings is 1. The van der Waals surface area contributed by atoms with E-state index in [9.17, 15) is 9.59 Å². The van der Waals surface area contributed by atoms with Gasteiger partial charge < -0.3 is 15.4 Å². The summed E-state index contributed by atoms with van der Waals surface area (Å²) in [4.78, 5) is 31.5. The third kappa shape index (κ3) is 3.55. The van der Waals surface area contributed by atoms with E-state index in [1.54, 1.807) is 41.2 Å². The summed E-state index contributed by atoms with van der Waals surface area (Å²) in [6, 6.07) is 6.79. The fourth-order valence-corrected chi connectivity index (χ4v) is 4.13. The molecule has 0 atom stereocenters. The van der Waals surface area contributed by atoms with Crippen LogP contribution >= 0.6 is 0 Å². The maximum absolute atomic E-state index is 12.9. The maximum Gasteiger partial charge on any atom is 0.273 e. The number of aryl methyl sites for hydroxylation is 1. The average molecular weight is 452 g/mol. The van der Waals surface area contributed by atoms with Gasteiger partial charge >= 0.3 is 0 Å². The Morgan fingerprint density at radius 1 is 1.24 bits per heavy atom. The van der Waals surface area contributed by atoms with Crippen molar-refractivity contribution in [2.75, 3.05) is 30.8 Å². The summed E-state index contributed by atoms with van der Waals surface area (Å²) in [5.74, 6) is 0.161. The highest BCUT2D eigenvalue weighted by Gasteiger charge is 2.56. The number of hydrogen-bond acceptors (Lipinski definition) is 8. The Labute approximate surface area is 194 Å². The molecular formula is C22H24N8O3. The molecule has 2 aromatic heterocycles. The van der Waals surface area contributed by atoms with E-state index in [4.69, 9.17) is 8.85 Å². The molecule has 2 fully saturated rings. The van der Waals surface area contributed by atoms with Crippen molar-refractivity contribution in [2.24, 2.45) is 12.5 Å². The maximum atomic E-state index is 12.9. The Morgan fingerprint density at radius 3 is 2.76 bits per heavy atom. The van der Waals surface area contributed by atoms with Crippen molar-refractivity contribution in [2.45, 2.75) is 19.3 Å². The van der Waals surface area contributed by atoms with Crippen LogP contribution in [0.25, 0.3) is 11.4 Å². The van der Waals surface area contributed by atoms with Crippen molar-refractivity contribution in [3.8, 4) is 17.1 Å². The smallest absolute Gasteiger partial charge is 0.273 e. The molecule has 2 N–H and O–H groups in total. The van der Waals surface area contributed by atoms with E-state index in [0.717, 1.165) is 19.3 Å². The number of amides is 2. The number of rotatable bonds is 6. The highest BCUT2D eigenvalue weighted by molar-refractivity contribution is 6.03. The monoisotopic (exact) mass is 451 g/mol. The normalized spacial score (nSPS) is 17.9. The molecule has 170 valence electrons. The average Bonchev–Trinajstić information content (AvgIpc) is 3.38. The minimum Gasteiger partial charge on any atom is -0.494 e. The number of aromatic nitrogens is 5. The summed E-state index contributed by atoms with van der Waals surface area (Å²) >= 11 is 0. The van der Waals surface area contributed by atoms with Gasteiger partial charge in [-0.25, -0.2) is 4.98 Å². The summed E-state index contributed by atoms with van der Waals surface area (Å²) in [6.07, 6.45) is 4.01. The van der Waals surface area contributed by atoms with Crippen LogP contribution in [0.3, 0.4) is 0 Å². The quantitative estimate of drug-likeness (QED) is 0.582. The van der Waals surface area contributed by atoms with Crippen molar-refractivity contribution >= 4 is 29.0 Å². The van der Waals surface area contributed by atoms with Crippen LogP contribution in [0.15, 0.2) is 30.6 Å². The van der Waals surface area contributed by atoms with Gasteiger partial charge in [0.25, 0.3) is 5.91 Å². The van der Waals surface area contributed by atoms with Gasteiger partial charge in [0.05, 0.1) is 29.5 Å². The van der Waals surface area contributed by atoms with Gasteiger partial charge in [-0.1, -0.05) is 6.07 Å². The molecule has 5 rings (SSSR count). The predicted molar refractivity (Wildman–Crippen MR) is 120 cm³/mol. The molecule has 2 aliphatic rings.